The van der Waals surface area contributed by atoms with E-state index in [-0.39, 0.29) is 17.9 Å². The summed E-state index contributed by atoms with van der Waals surface area (Å²) in [7, 11) is 0. The molecule has 0 saturated heterocycles. The number of nitrogens with two attached hydrogens (primary N) is 1. The monoisotopic (exact) mass is 453 g/mol. The fraction of sp³-hybridized carbons (Fsp3) is 0.273. The summed E-state index contributed by atoms with van der Waals surface area (Å²) < 4.78 is 1.24. The zero-order valence-corrected chi connectivity index (χ0v) is 18.5. The van der Waals surface area contributed by atoms with E-state index in [0.29, 0.717) is 23.5 Å². The number of aromatic amines is 1. The van der Waals surface area contributed by atoms with Crippen LogP contribution in [0.25, 0.3) is 21.3 Å². The molecule has 0 saturated carbocycles. The Morgan fingerprint density at radius 3 is 2.84 bits per heavy atom. The SMILES string of the molecule is NC(=O)CCCCC[C@H](NC(=O)c1cncs1)c1ncc(-c2ccc3sccc3c2)[nH]1. The van der Waals surface area contributed by atoms with Crippen LogP contribution in [0.1, 0.15) is 53.6 Å². The predicted molar refractivity (Wildman–Crippen MR) is 124 cm³/mol. The summed E-state index contributed by atoms with van der Waals surface area (Å²) in [5, 5.41) is 6.35. The van der Waals surface area contributed by atoms with Gasteiger partial charge in [0.25, 0.3) is 5.91 Å². The number of fused-ring (bicyclic) bond motifs is 1. The van der Waals surface area contributed by atoms with E-state index >= 15 is 0 Å². The number of hydrogen-bond acceptors (Lipinski definition) is 6. The molecule has 0 bridgehead atoms. The van der Waals surface area contributed by atoms with Crippen molar-refractivity contribution in [2.75, 3.05) is 0 Å². The smallest absolute Gasteiger partial charge is 0.263 e. The number of imidazole rings is 1. The highest BCUT2D eigenvalue weighted by atomic mass is 32.1. The molecule has 1 aromatic carbocycles. The average Bonchev–Trinajstić information content (AvgIpc) is 3.53. The second-order valence-corrected chi connectivity index (χ2v) is 9.15. The van der Waals surface area contributed by atoms with Gasteiger partial charge in [0.15, 0.2) is 0 Å². The van der Waals surface area contributed by atoms with Gasteiger partial charge >= 0.3 is 0 Å². The van der Waals surface area contributed by atoms with Crippen molar-refractivity contribution in [2.24, 2.45) is 5.73 Å². The molecule has 0 radical (unpaired) electrons. The molecule has 2 amide bonds. The molecule has 0 aliphatic heterocycles. The standard InChI is InChI=1S/C22H23N5O2S2/c23-20(28)5-3-1-2-4-16(27-22(29)19-12-24-13-31-19)21-25-11-17(26-21)14-6-7-18-15(10-14)8-9-30-18/h6-13,16H,1-5H2,(H2,23,28)(H,25,26)(H,27,29)/t16-/m0/s1. The molecular formula is C22H23N5O2S2. The zero-order valence-electron chi connectivity index (χ0n) is 16.8. The Bertz CT molecular complexity index is 1170. The van der Waals surface area contributed by atoms with Crippen LogP contribution < -0.4 is 11.1 Å². The van der Waals surface area contributed by atoms with Crippen LogP contribution in [0.3, 0.4) is 0 Å². The van der Waals surface area contributed by atoms with Crippen LogP contribution in [0.2, 0.25) is 0 Å². The molecule has 0 aliphatic rings. The molecule has 9 heteroatoms. The number of unbranched alkanes of at least 4 members (excludes halogenated alkanes) is 2. The number of aromatic nitrogens is 3. The van der Waals surface area contributed by atoms with E-state index in [1.807, 2.05) is 6.20 Å². The van der Waals surface area contributed by atoms with Gasteiger partial charge in [-0.15, -0.1) is 22.7 Å². The number of rotatable bonds is 10. The normalized spacial score (nSPS) is 12.1. The topological polar surface area (TPSA) is 114 Å². The fourth-order valence-electron chi connectivity index (χ4n) is 3.45. The third-order valence-electron chi connectivity index (χ3n) is 5.07. The lowest BCUT2D eigenvalue weighted by Crippen LogP contribution is -2.28. The molecule has 3 heterocycles. The highest BCUT2D eigenvalue weighted by Crippen LogP contribution is 2.28. The number of amides is 2. The number of H-pyrrole nitrogens is 1. The fourth-order valence-corrected chi connectivity index (χ4v) is 4.75. The van der Waals surface area contributed by atoms with Crippen molar-refractivity contribution in [1.29, 1.82) is 0 Å². The Balaban J connectivity index is 1.49. The number of nitrogens with zero attached hydrogens (tertiary/aromatic N) is 2. The van der Waals surface area contributed by atoms with E-state index in [1.165, 1.54) is 21.4 Å². The molecule has 7 nitrogen and oxygen atoms in total. The van der Waals surface area contributed by atoms with Gasteiger partial charge < -0.3 is 16.0 Å². The maximum absolute atomic E-state index is 12.6. The Morgan fingerprint density at radius 1 is 1.13 bits per heavy atom. The first-order valence-corrected chi connectivity index (χ1v) is 11.9. The van der Waals surface area contributed by atoms with Gasteiger partial charge in [0.05, 0.1) is 29.6 Å². The van der Waals surface area contributed by atoms with Crippen LogP contribution in [0.5, 0.6) is 0 Å². The summed E-state index contributed by atoms with van der Waals surface area (Å²) in [5.74, 6) is 0.267. The summed E-state index contributed by atoms with van der Waals surface area (Å²) in [6.07, 6.45) is 6.91. The van der Waals surface area contributed by atoms with Crippen LogP contribution in [-0.2, 0) is 4.79 Å². The molecule has 0 aliphatic carbocycles. The molecule has 0 fully saturated rings. The highest BCUT2D eigenvalue weighted by molar-refractivity contribution is 7.17. The van der Waals surface area contributed by atoms with Crippen LogP contribution in [0.4, 0.5) is 0 Å². The van der Waals surface area contributed by atoms with Crippen LogP contribution in [0, 0.1) is 0 Å². The average molecular weight is 454 g/mol. The summed E-state index contributed by atoms with van der Waals surface area (Å²) in [4.78, 5) is 36.1. The second-order valence-electron chi connectivity index (χ2n) is 7.31. The highest BCUT2D eigenvalue weighted by Gasteiger charge is 2.20. The summed E-state index contributed by atoms with van der Waals surface area (Å²) in [5.41, 5.74) is 8.82. The third-order valence-corrected chi connectivity index (χ3v) is 6.74. The van der Waals surface area contributed by atoms with Gasteiger partial charge in [-0.2, -0.15) is 0 Å². The number of thiazole rings is 1. The molecule has 4 N–H and O–H groups in total. The minimum Gasteiger partial charge on any atom is -0.370 e. The maximum Gasteiger partial charge on any atom is 0.263 e. The van der Waals surface area contributed by atoms with Crippen molar-refractivity contribution in [3.05, 3.63) is 58.3 Å². The van der Waals surface area contributed by atoms with Gasteiger partial charge in [0.1, 0.15) is 10.7 Å². The van der Waals surface area contributed by atoms with Gasteiger partial charge in [-0.3, -0.25) is 14.6 Å². The van der Waals surface area contributed by atoms with E-state index < -0.39 is 0 Å². The van der Waals surface area contributed by atoms with Gasteiger partial charge in [-0.1, -0.05) is 18.9 Å². The minimum absolute atomic E-state index is 0.165. The first-order chi connectivity index (χ1) is 15.1. The van der Waals surface area contributed by atoms with E-state index in [9.17, 15) is 9.59 Å². The Morgan fingerprint density at radius 2 is 2.03 bits per heavy atom. The van der Waals surface area contributed by atoms with E-state index in [1.54, 1.807) is 23.0 Å². The molecule has 4 rings (SSSR count). The number of carbonyl (C=O) groups excluding carboxylic acids is 2. The van der Waals surface area contributed by atoms with Crippen LogP contribution in [-0.4, -0.2) is 26.8 Å². The Labute approximate surface area is 187 Å². The minimum atomic E-state index is -0.284. The van der Waals surface area contributed by atoms with Gasteiger partial charge in [0, 0.05) is 16.7 Å². The quantitative estimate of drug-likeness (QED) is 0.303. The van der Waals surface area contributed by atoms with Gasteiger partial charge in [-0.25, -0.2) is 4.98 Å². The number of hydrogen-bond donors (Lipinski definition) is 3. The number of nitrogens with one attached hydrogen (secondary N) is 2. The summed E-state index contributed by atoms with van der Waals surface area (Å²) >= 11 is 3.02. The molecule has 3 aromatic heterocycles. The van der Waals surface area contributed by atoms with E-state index in [0.717, 1.165) is 30.5 Å². The zero-order chi connectivity index (χ0) is 21.6. The second kappa shape index (κ2) is 9.84. The first-order valence-electron chi connectivity index (χ1n) is 10.1. The number of benzene rings is 1. The van der Waals surface area contributed by atoms with Crippen molar-refractivity contribution in [3.8, 4) is 11.3 Å². The van der Waals surface area contributed by atoms with Crippen molar-refractivity contribution < 1.29 is 9.59 Å². The molecule has 160 valence electrons. The van der Waals surface area contributed by atoms with Crippen LogP contribution >= 0.6 is 22.7 Å². The van der Waals surface area contributed by atoms with Gasteiger partial charge in [0.2, 0.25) is 5.91 Å². The van der Waals surface area contributed by atoms with Crippen LogP contribution in [0.15, 0.2) is 47.5 Å². The number of carbonyl (C=O) groups is 2. The van der Waals surface area contributed by atoms with Crippen molar-refractivity contribution in [1.82, 2.24) is 20.3 Å². The van der Waals surface area contributed by atoms with E-state index in [2.05, 4.69) is 49.9 Å². The number of primary amides is 1. The molecule has 1 atom stereocenters. The molecule has 4 aromatic rings. The Hall–Kier alpha value is -3.04. The first kappa shape index (κ1) is 21.2. The Kier molecular flexibility index (Phi) is 6.73. The van der Waals surface area contributed by atoms with Gasteiger partial charge in [-0.05, 0) is 41.8 Å². The molecule has 31 heavy (non-hydrogen) atoms. The van der Waals surface area contributed by atoms with Crippen molar-refractivity contribution in [3.63, 3.8) is 0 Å². The number of thiophene rings is 1. The maximum atomic E-state index is 12.6. The van der Waals surface area contributed by atoms with Crippen molar-refractivity contribution in [2.45, 2.75) is 38.1 Å². The predicted octanol–water partition coefficient (Wildman–Crippen LogP) is 4.65. The van der Waals surface area contributed by atoms with E-state index in [4.69, 9.17) is 5.73 Å². The third kappa shape index (κ3) is 5.36. The molecule has 0 spiro atoms. The largest absolute Gasteiger partial charge is 0.370 e. The lowest BCUT2D eigenvalue weighted by Gasteiger charge is -2.16. The molecule has 0 unspecified atom stereocenters. The van der Waals surface area contributed by atoms with Crippen molar-refractivity contribution >= 4 is 44.6 Å². The molecular weight excluding hydrogens is 430 g/mol. The summed E-state index contributed by atoms with van der Waals surface area (Å²) in [6.45, 7) is 0. The summed E-state index contributed by atoms with van der Waals surface area (Å²) in [6, 6.07) is 8.16. The lowest BCUT2D eigenvalue weighted by molar-refractivity contribution is -0.118. The lowest BCUT2D eigenvalue weighted by atomic mass is 10.1.